The van der Waals surface area contributed by atoms with Gasteiger partial charge in [-0.05, 0) is 18.6 Å². The van der Waals surface area contributed by atoms with Crippen LogP contribution in [0.25, 0.3) is 0 Å². The van der Waals surface area contributed by atoms with Crippen molar-refractivity contribution in [2.24, 2.45) is 0 Å². The predicted octanol–water partition coefficient (Wildman–Crippen LogP) is 1.83. The Morgan fingerprint density at radius 1 is 1.14 bits per heavy atom. The molecule has 2 aromatic rings. The van der Waals surface area contributed by atoms with E-state index in [0.29, 0.717) is 13.2 Å². The highest BCUT2D eigenvalue weighted by Crippen LogP contribution is 2.04. The van der Waals surface area contributed by atoms with E-state index >= 15 is 0 Å². The molecule has 5 heteroatoms. The largest absolute Gasteiger partial charge is 0.306 e. The Balaban J connectivity index is 1.96. The molecule has 1 aromatic carbocycles. The van der Waals surface area contributed by atoms with Crippen LogP contribution in [0.2, 0.25) is 0 Å². The first-order valence-corrected chi connectivity index (χ1v) is 6.83. The summed E-state index contributed by atoms with van der Waals surface area (Å²) in [5.74, 6) is -0.248. The van der Waals surface area contributed by atoms with Crippen LogP contribution in [0.4, 0.5) is 0 Å². The van der Waals surface area contributed by atoms with E-state index in [4.69, 9.17) is 4.84 Å². The number of hydroxylamine groups is 2. The Labute approximate surface area is 123 Å². The van der Waals surface area contributed by atoms with Crippen LogP contribution in [-0.2, 0) is 22.8 Å². The molecule has 0 aliphatic heterocycles. The number of likely N-dealkylation sites (N-methyl/N-ethyl adjacent to an activating group) is 1. The molecule has 0 saturated heterocycles. The van der Waals surface area contributed by atoms with Gasteiger partial charge in [-0.3, -0.25) is 14.4 Å². The van der Waals surface area contributed by atoms with Gasteiger partial charge in [0.15, 0.2) is 0 Å². The topological polar surface area (TPSA) is 51.5 Å². The van der Waals surface area contributed by atoms with Crippen LogP contribution < -0.4 is 5.56 Å². The summed E-state index contributed by atoms with van der Waals surface area (Å²) in [6, 6.07) is 14.4. The molecule has 1 heterocycles. The number of nitrogens with zero attached hydrogens (tertiary/aromatic N) is 2. The Hall–Kier alpha value is -2.40. The third-order valence-electron chi connectivity index (χ3n) is 3.00. The van der Waals surface area contributed by atoms with Gasteiger partial charge in [-0.2, -0.15) is 0 Å². The molecule has 0 bridgehead atoms. The second-order valence-corrected chi connectivity index (χ2v) is 4.51. The smallest absolute Gasteiger partial charge is 0.266 e. The summed E-state index contributed by atoms with van der Waals surface area (Å²) >= 11 is 0. The summed E-state index contributed by atoms with van der Waals surface area (Å²) in [4.78, 5) is 29.3. The first-order valence-electron chi connectivity index (χ1n) is 6.83. The fraction of sp³-hybridized carbons (Fsp3) is 0.250. The zero-order valence-electron chi connectivity index (χ0n) is 11.9. The molecule has 0 N–H and O–H groups in total. The van der Waals surface area contributed by atoms with Crippen LogP contribution in [0.1, 0.15) is 12.5 Å². The van der Waals surface area contributed by atoms with Gasteiger partial charge in [0.2, 0.25) is 0 Å². The van der Waals surface area contributed by atoms with Gasteiger partial charge < -0.3 is 4.57 Å². The average molecular weight is 286 g/mol. The molecule has 1 amide bonds. The normalized spacial score (nSPS) is 10.3. The van der Waals surface area contributed by atoms with Crippen molar-refractivity contribution in [3.05, 3.63) is 70.6 Å². The Bertz CT molecular complexity index is 637. The van der Waals surface area contributed by atoms with Crippen molar-refractivity contribution in [1.29, 1.82) is 0 Å². The zero-order chi connectivity index (χ0) is 15.1. The van der Waals surface area contributed by atoms with Crippen LogP contribution in [0.3, 0.4) is 0 Å². The molecular formula is C16H18N2O3. The van der Waals surface area contributed by atoms with Crippen LogP contribution in [-0.4, -0.2) is 22.1 Å². The van der Waals surface area contributed by atoms with Crippen molar-refractivity contribution in [3.63, 3.8) is 0 Å². The highest BCUT2D eigenvalue weighted by Gasteiger charge is 2.13. The van der Waals surface area contributed by atoms with E-state index < -0.39 is 0 Å². The number of hydrogen-bond donors (Lipinski definition) is 0. The van der Waals surface area contributed by atoms with Crippen LogP contribution in [0, 0.1) is 0 Å². The van der Waals surface area contributed by atoms with Crippen molar-refractivity contribution in [2.45, 2.75) is 20.1 Å². The monoisotopic (exact) mass is 286 g/mol. The third-order valence-corrected chi connectivity index (χ3v) is 3.00. The molecule has 0 radical (unpaired) electrons. The molecule has 0 spiro atoms. The Morgan fingerprint density at radius 3 is 2.52 bits per heavy atom. The molecule has 0 unspecified atom stereocenters. The van der Waals surface area contributed by atoms with Gasteiger partial charge in [0.05, 0.1) is 0 Å². The molecular weight excluding hydrogens is 268 g/mol. The Morgan fingerprint density at radius 2 is 1.86 bits per heavy atom. The van der Waals surface area contributed by atoms with E-state index in [9.17, 15) is 9.59 Å². The van der Waals surface area contributed by atoms with E-state index in [0.717, 1.165) is 5.56 Å². The van der Waals surface area contributed by atoms with Gasteiger partial charge in [0.1, 0.15) is 13.2 Å². The number of carbonyl (C=O) groups excluding carboxylic acids is 1. The summed E-state index contributed by atoms with van der Waals surface area (Å²) in [6.07, 6.45) is 1.59. The summed E-state index contributed by atoms with van der Waals surface area (Å²) in [7, 11) is 0. The van der Waals surface area contributed by atoms with Crippen molar-refractivity contribution in [2.75, 3.05) is 6.54 Å². The molecule has 110 valence electrons. The second kappa shape index (κ2) is 7.40. The minimum Gasteiger partial charge on any atom is -0.306 e. The van der Waals surface area contributed by atoms with Gasteiger partial charge in [0, 0.05) is 18.8 Å². The van der Waals surface area contributed by atoms with Gasteiger partial charge in [0.25, 0.3) is 11.5 Å². The zero-order valence-corrected chi connectivity index (χ0v) is 11.9. The number of pyridine rings is 1. The minimum atomic E-state index is -0.248. The predicted molar refractivity (Wildman–Crippen MR) is 79.3 cm³/mol. The number of aromatic nitrogens is 1. The van der Waals surface area contributed by atoms with Crippen LogP contribution in [0.15, 0.2) is 59.5 Å². The first kappa shape index (κ1) is 15.0. The van der Waals surface area contributed by atoms with E-state index in [1.165, 1.54) is 15.7 Å². The highest BCUT2D eigenvalue weighted by atomic mass is 16.7. The molecule has 21 heavy (non-hydrogen) atoms. The van der Waals surface area contributed by atoms with Crippen molar-refractivity contribution >= 4 is 5.91 Å². The lowest BCUT2D eigenvalue weighted by molar-refractivity contribution is -0.190. The van der Waals surface area contributed by atoms with Crippen molar-refractivity contribution in [1.82, 2.24) is 9.63 Å². The molecule has 0 aliphatic carbocycles. The van der Waals surface area contributed by atoms with Crippen molar-refractivity contribution < 1.29 is 9.63 Å². The molecule has 0 aliphatic rings. The quantitative estimate of drug-likeness (QED) is 0.761. The number of benzene rings is 1. The fourth-order valence-electron chi connectivity index (χ4n) is 1.88. The highest BCUT2D eigenvalue weighted by molar-refractivity contribution is 5.74. The van der Waals surface area contributed by atoms with Crippen LogP contribution >= 0.6 is 0 Å². The third kappa shape index (κ3) is 4.29. The van der Waals surface area contributed by atoms with Crippen molar-refractivity contribution in [3.8, 4) is 0 Å². The number of rotatable bonds is 6. The second-order valence-electron chi connectivity index (χ2n) is 4.51. The number of hydrogen-bond acceptors (Lipinski definition) is 3. The van der Waals surface area contributed by atoms with Gasteiger partial charge in [-0.15, -0.1) is 0 Å². The maximum Gasteiger partial charge on any atom is 0.266 e. The Kier molecular flexibility index (Phi) is 5.29. The van der Waals surface area contributed by atoms with Gasteiger partial charge >= 0.3 is 0 Å². The molecule has 0 saturated carbocycles. The molecule has 1 aromatic heterocycles. The molecule has 5 nitrogen and oxygen atoms in total. The molecule has 0 fully saturated rings. The lowest BCUT2D eigenvalue weighted by atomic mass is 10.2. The van der Waals surface area contributed by atoms with E-state index in [1.54, 1.807) is 18.3 Å². The van der Waals surface area contributed by atoms with E-state index in [1.807, 2.05) is 37.3 Å². The first-order chi connectivity index (χ1) is 10.2. The lowest BCUT2D eigenvalue weighted by Crippen LogP contribution is -2.36. The fourth-order valence-corrected chi connectivity index (χ4v) is 1.88. The number of carbonyl (C=O) groups is 1. The number of amides is 1. The lowest BCUT2D eigenvalue weighted by Gasteiger charge is -2.20. The van der Waals surface area contributed by atoms with Gasteiger partial charge in [-0.1, -0.05) is 36.4 Å². The summed E-state index contributed by atoms with van der Waals surface area (Å²) in [5.41, 5.74) is 0.783. The minimum absolute atomic E-state index is 0.0255. The van der Waals surface area contributed by atoms with E-state index in [2.05, 4.69) is 0 Å². The average Bonchev–Trinajstić information content (AvgIpc) is 2.51. The molecule has 0 atom stereocenters. The SMILES string of the molecule is CCN(OCc1ccccc1)C(=O)Cn1ccccc1=O. The molecule has 2 rings (SSSR count). The van der Waals surface area contributed by atoms with Crippen LogP contribution in [0.5, 0.6) is 0 Å². The maximum absolute atomic E-state index is 12.2. The summed E-state index contributed by atoms with van der Waals surface area (Å²) < 4.78 is 1.36. The van der Waals surface area contributed by atoms with Gasteiger partial charge in [-0.25, -0.2) is 5.06 Å². The summed E-state index contributed by atoms with van der Waals surface area (Å²) in [5, 5.41) is 1.28. The van der Waals surface area contributed by atoms with E-state index in [-0.39, 0.29) is 18.0 Å². The standard InChI is InChI=1S/C16H18N2O3/c1-2-18(21-13-14-8-4-3-5-9-14)16(20)12-17-11-7-6-10-15(17)19/h3-11H,2,12-13H2,1H3. The summed E-state index contributed by atoms with van der Waals surface area (Å²) in [6.45, 7) is 2.55. The maximum atomic E-state index is 12.2.